The van der Waals surface area contributed by atoms with Crippen LogP contribution in [0.2, 0.25) is 0 Å². The number of halogens is 1. The van der Waals surface area contributed by atoms with Crippen LogP contribution < -0.4 is 0 Å². The molecule has 92 valence electrons. The maximum Gasteiger partial charge on any atom is 0.194 e. The molecule has 1 saturated carbocycles. The van der Waals surface area contributed by atoms with Crippen LogP contribution in [0.3, 0.4) is 0 Å². The lowest BCUT2D eigenvalue weighted by atomic mass is 9.76. The lowest BCUT2D eigenvalue weighted by molar-refractivity contribution is 0.00426. The summed E-state index contributed by atoms with van der Waals surface area (Å²) in [6.45, 7) is 2.13. The summed E-state index contributed by atoms with van der Waals surface area (Å²) < 4.78 is 12.8. The van der Waals surface area contributed by atoms with E-state index in [0.29, 0.717) is 24.3 Å². The van der Waals surface area contributed by atoms with E-state index < -0.39 is 5.60 Å². The van der Waals surface area contributed by atoms with Crippen molar-refractivity contribution >= 4 is 5.78 Å². The monoisotopic (exact) mass is 236 g/mol. The zero-order valence-corrected chi connectivity index (χ0v) is 9.95. The fourth-order valence-corrected chi connectivity index (χ4v) is 2.34. The molecule has 3 heteroatoms. The molecule has 0 aliphatic heterocycles. The Morgan fingerprint density at radius 2 is 1.82 bits per heavy atom. The summed E-state index contributed by atoms with van der Waals surface area (Å²) in [6, 6.07) is 5.38. The number of hydrogen-bond donors (Lipinski definition) is 1. The summed E-state index contributed by atoms with van der Waals surface area (Å²) in [5.41, 5.74) is -0.854. The molecule has 17 heavy (non-hydrogen) atoms. The highest BCUT2D eigenvalue weighted by Gasteiger charge is 2.39. The Balaban J connectivity index is 2.16. The van der Waals surface area contributed by atoms with Gasteiger partial charge in [0.05, 0.1) is 0 Å². The van der Waals surface area contributed by atoms with Gasteiger partial charge in [-0.25, -0.2) is 4.39 Å². The van der Waals surface area contributed by atoms with Crippen LogP contribution in [0, 0.1) is 11.7 Å². The summed E-state index contributed by atoms with van der Waals surface area (Å²) in [6.07, 6.45) is 2.74. The zero-order valence-electron chi connectivity index (χ0n) is 9.95. The van der Waals surface area contributed by atoms with Crippen molar-refractivity contribution in [2.24, 2.45) is 5.92 Å². The molecule has 0 amide bonds. The van der Waals surface area contributed by atoms with Crippen molar-refractivity contribution in [2.45, 2.75) is 38.2 Å². The van der Waals surface area contributed by atoms with Crippen LogP contribution >= 0.6 is 0 Å². The van der Waals surface area contributed by atoms with Crippen LogP contribution in [0.4, 0.5) is 4.39 Å². The molecular formula is C14H17FO2. The average Bonchev–Trinajstić information content (AvgIpc) is 2.33. The van der Waals surface area contributed by atoms with Gasteiger partial charge in [0.1, 0.15) is 11.4 Å². The minimum Gasteiger partial charge on any atom is -0.382 e. The first-order valence-electron chi connectivity index (χ1n) is 6.04. The van der Waals surface area contributed by atoms with E-state index in [0.717, 1.165) is 12.8 Å². The van der Waals surface area contributed by atoms with Gasteiger partial charge in [-0.1, -0.05) is 6.92 Å². The maximum atomic E-state index is 12.8. The largest absolute Gasteiger partial charge is 0.382 e. The number of carbonyl (C=O) groups is 1. The number of Topliss-reactive ketones (excluding diaryl/α,β-unsaturated/α-hetero) is 1. The van der Waals surface area contributed by atoms with Crippen molar-refractivity contribution in [3.63, 3.8) is 0 Å². The highest BCUT2D eigenvalue weighted by atomic mass is 19.1. The molecule has 0 atom stereocenters. The molecule has 1 fully saturated rings. The maximum absolute atomic E-state index is 12.8. The Kier molecular flexibility index (Phi) is 3.29. The molecule has 1 aliphatic carbocycles. The van der Waals surface area contributed by atoms with E-state index in [4.69, 9.17) is 0 Å². The van der Waals surface area contributed by atoms with Gasteiger partial charge in [-0.15, -0.1) is 0 Å². The van der Waals surface area contributed by atoms with Gasteiger partial charge in [-0.3, -0.25) is 4.79 Å². The highest BCUT2D eigenvalue weighted by molar-refractivity contribution is 6.02. The first-order chi connectivity index (χ1) is 8.01. The third-order valence-corrected chi connectivity index (χ3v) is 3.63. The highest BCUT2D eigenvalue weighted by Crippen LogP contribution is 2.34. The van der Waals surface area contributed by atoms with Crippen LogP contribution in [0.25, 0.3) is 0 Å². The van der Waals surface area contributed by atoms with Crippen molar-refractivity contribution in [2.75, 3.05) is 0 Å². The van der Waals surface area contributed by atoms with Gasteiger partial charge in [0, 0.05) is 5.56 Å². The first-order valence-corrected chi connectivity index (χ1v) is 6.04. The fraction of sp³-hybridized carbons (Fsp3) is 0.500. The molecule has 0 spiro atoms. The lowest BCUT2D eigenvalue weighted by Gasteiger charge is -2.33. The molecule has 1 aliphatic rings. The van der Waals surface area contributed by atoms with Gasteiger partial charge < -0.3 is 5.11 Å². The second-order valence-electron chi connectivity index (χ2n) is 5.05. The Bertz CT molecular complexity index is 403. The Morgan fingerprint density at radius 1 is 1.29 bits per heavy atom. The van der Waals surface area contributed by atoms with Gasteiger partial charge in [0.15, 0.2) is 5.78 Å². The van der Waals surface area contributed by atoms with E-state index in [1.54, 1.807) is 0 Å². The molecule has 0 saturated heterocycles. The van der Waals surface area contributed by atoms with Crippen molar-refractivity contribution in [3.05, 3.63) is 35.6 Å². The van der Waals surface area contributed by atoms with Crippen LogP contribution in [-0.4, -0.2) is 16.5 Å². The molecule has 0 aromatic heterocycles. The van der Waals surface area contributed by atoms with Crippen LogP contribution in [-0.2, 0) is 0 Å². The number of hydrogen-bond acceptors (Lipinski definition) is 2. The van der Waals surface area contributed by atoms with Crippen molar-refractivity contribution < 1.29 is 14.3 Å². The standard InChI is InChI=1S/C14H17FO2/c1-10-6-8-14(17,9-7-10)13(16)11-2-4-12(15)5-3-11/h2-5,10,17H,6-9H2,1H3. The van der Waals surface area contributed by atoms with E-state index in [1.165, 1.54) is 24.3 Å². The molecule has 1 aromatic rings. The Labute approximate surface area is 100 Å². The molecule has 0 bridgehead atoms. The minimum absolute atomic E-state index is 0.274. The molecule has 1 N–H and O–H groups in total. The minimum atomic E-state index is -1.25. The van der Waals surface area contributed by atoms with E-state index in [2.05, 4.69) is 6.92 Å². The van der Waals surface area contributed by atoms with Crippen LogP contribution in [0.5, 0.6) is 0 Å². The fourth-order valence-electron chi connectivity index (χ4n) is 2.34. The second-order valence-corrected chi connectivity index (χ2v) is 5.05. The predicted octanol–water partition coefficient (Wildman–Crippen LogP) is 2.95. The average molecular weight is 236 g/mol. The van der Waals surface area contributed by atoms with Crippen LogP contribution in [0.1, 0.15) is 43.0 Å². The smallest absolute Gasteiger partial charge is 0.194 e. The van der Waals surface area contributed by atoms with Gasteiger partial charge in [0.2, 0.25) is 0 Å². The van der Waals surface area contributed by atoms with Gasteiger partial charge in [-0.05, 0) is 55.9 Å². The lowest BCUT2D eigenvalue weighted by Crippen LogP contribution is -2.41. The third kappa shape index (κ3) is 2.55. The van der Waals surface area contributed by atoms with Gasteiger partial charge >= 0.3 is 0 Å². The second kappa shape index (κ2) is 4.57. The third-order valence-electron chi connectivity index (χ3n) is 3.63. The number of ketones is 1. The van der Waals surface area contributed by atoms with Crippen LogP contribution in [0.15, 0.2) is 24.3 Å². The Hall–Kier alpha value is -1.22. The number of benzene rings is 1. The molecule has 0 heterocycles. The Morgan fingerprint density at radius 3 is 2.35 bits per heavy atom. The van der Waals surface area contributed by atoms with Gasteiger partial charge in [-0.2, -0.15) is 0 Å². The zero-order chi connectivity index (χ0) is 12.5. The van der Waals surface area contributed by atoms with E-state index in [9.17, 15) is 14.3 Å². The molecule has 0 radical (unpaired) electrons. The summed E-state index contributed by atoms with van der Waals surface area (Å²) in [5, 5.41) is 10.3. The quantitative estimate of drug-likeness (QED) is 0.801. The summed E-state index contributed by atoms with van der Waals surface area (Å²) in [4.78, 5) is 12.2. The van der Waals surface area contributed by atoms with Crippen molar-refractivity contribution in [1.29, 1.82) is 0 Å². The van der Waals surface area contributed by atoms with E-state index in [1.807, 2.05) is 0 Å². The molecular weight excluding hydrogens is 219 g/mol. The molecule has 1 aromatic carbocycles. The normalized spacial score (nSPS) is 29.0. The van der Waals surface area contributed by atoms with Gasteiger partial charge in [0.25, 0.3) is 0 Å². The SMILES string of the molecule is CC1CCC(O)(C(=O)c2ccc(F)cc2)CC1. The number of rotatable bonds is 2. The van der Waals surface area contributed by atoms with Crippen molar-refractivity contribution in [3.8, 4) is 0 Å². The molecule has 2 nitrogen and oxygen atoms in total. The van der Waals surface area contributed by atoms with E-state index in [-0.39, 0.29) is 11.6 Å². The summed E-state index contributed by atoms with van der Waals surface area (Å²) >= 11 is 0. The van der Waals surface area contributed by atoms with E-state index >= 15 is 0 Å². The topological polar surface area (TPSA) is 37.3 Å². The number of carbonyl (C=O) groups excluding carboxylic acids is 1. The summed E-state index contributed by atoms with van der Waals surface area (Å²) in [7, 11) is 0. The molecule has 0 unspecified atom stereocenters. The first kappa shape index (κ1) is 12.2. The number of aliphatic hydroxyl groups is 1. The van der Waals surface area contributed by atoms with Crippen molar-refractivity contribution in [1.82, 2.24) is 0 Å². The molecule has 2 rings (SSSR count). The summed E-state index contributed by atoms with van der Waals surface area (Å²) in [5.74, 6) is -0.0773. The predicted molar refractivity (Wildman–Crippen MR) is 63.3 cm³/mol.